The molecule has 5 nitrogen and oxygen atoms in total. The molecule has 0 unspecified atom stereocenters. The Balaban J connectivity index is 1.77. The highest BCUT2D eigenvalue weighted by molar-refractivity contribution is 7.93. The summed E-state index contributed by atoms with van der Waals surface area (Å²) < 4.78 is 27.9. The van der Waals surface area contributed by atoms with Crippen LogP contribution in [0.3, 0.4) is 0 Å². The van der Waals surface area contributed by atoms with Crippen molar-refractivity contribution in [3.8, 4) is 0 Å². The molecule has 1 aromatic rings. The van der Waals surface area contributed by atoms with Gasteiger partial charge in [-0.15, -0.1) is 0 Å². The van der Waals surface area contributed by atoms with E-state index in [1.165, 1.54) is 0 Å². The van der Waals surface area contributed by atoms with Crippen molar-refractivity contribution >= 4 is 27.3 Å². The van der Waals surface area contributed by atoms with Gasteiger partial charge >= 0.3 is 0 Å². The van der Waals surface area contributed by atoms with E-state index in [0.717, 1.165) is 49.8 Å². The minimum Gasteiger partial charge on any atom is -0.311 e. The Kier molecular flexibility index (Phi) is 4.84. The fourth-order valence-corrected chi connectivity index (χ4v) is 5.28. The minimum atomic E-state index is -3.34. The van der Waals surface area contributed by atoms with Crippen LogP contribution >= 0.6 is 0 Å². The molecule has 0 bridgehead atoms. The molecule has 0 radical (unpaired) electrons. The Labute approximate surface area is 150 Å². The first-order chi connectivity index (χ1) is 11.7. The van der Waals surface area contributed by atoms with E-state index in [0.29, 0.717) is 12.2 Å². The molecule has 0 aromatic heterocycles. The number of amides is 1. The van der Waals surface area contributed by atoms with Crippen molar-refractivity contribution in [2.24, 2.45) is 5.41 Å². The van der Waals surface area contributed by atoms with Crippen molar-refractivity contribution in [2.75, 3.05) is 16.2 Å². The molecule has 1 fully saturated rings. The molecule has 0 spiro atoms. The van der Waals surface area contributed by atoms with E-state index in [1.807, 2.05) is 37.8 Å². The van der Waals surface area contributed by atoms with E-state index >= 15 is 0 Å². The van der Waals surface area contributed by atoms with Gasteiger partial charge in [0, 0.05) is 23.3 Å². The number of carbonyl (C=O) groups is 1. The fourth-order valence-electron chi connectivity index (χ4n) is 3.70. The molecule has 1 saturated carbocycles. The normalized spacial score (nSPS) is 18.9. The molecule has 1 aliphatic heterocycles. The number of hydrogen-bond donors (Lipinski definition) is 1. The van der Waals surface area contributed by atoms with E-state index in [1.54, 1.807) is 6.07 Å². The van der Waals surface area contributed by atoms with Gasteiger partial charge in [0.15, 0.2) is 0 Å². The summed E-state index contributed by atoms with van der Waals surface area (Å²) in [4.78, 5) is 14.4. The highest BCUT2D eigenvalue weighted by atomic mass is 32.2. The largest absolute Gasteiger partial charge is 0.311 e. The average molecular weight is 365 g/mol. The number of carbonyl (C=O) groups excluding carboxylic acids is 1. The van der Waals surface area contributed by atoms with E-state index in [4.69, 9.17) is 0 Å². The Bertz CT molecular complexity index is 759. The summed E-state index contributed by atoms with van der Waals surface area (Å²) in [5.74, 6) is 0.0989. The van der Waals surface area contributed by atoms with Gasteiger partial charge in [0.2, 0.25) is 15.9 Å². The highest BCUT2D eigenvalue weighted by Gasteiger charge is 2.33. The zero-order valence-corrected chi connectivity index (χ0v) is 16.2. The summed E-state index contributed by atoms with van der Waals surface area (Å²) in [7, 11) is -3.34. The second kappa shape index (κ2) is 6.63. The molecule has 1 aromatic carbocycles. The van der Waals surface area contributed by atoms with Crippen LogP contribution in [-0.4, -0.2) is 26.1 Å². The molecule has 25 heavy (non-hydrogen) atoms. The number of fused-ring (bicyclic) bond motifs is 1. The maximum Gasteiger partial charge on any atom is 0.235 e. The Morgan fingerprint density at radius 2 is 1.84 bits per heavy atom. The molecule has 1 heterocycles. The summed E-state index contributed by atoms with van der Waals surface area (Å²) in [6.45, 7) is 6.41. The van der Waals surface area contributed by atoms with Gasteiger partial charge in [-0.1, -0.05) is 40.0 Å². The van der Waals surface area contributed by atoms with Gasteiger partial charge in [-0.05, 0) is 43.0 Å². The molecule has 2 aliphatic rings. The summed E-state index contributed by atoms with van der Waals surface area (Å²) in [5.41, 5.74) is 2.11. The number of hydrogen-bond acceptors (Lipinski definition) is 3. The summed E-state index contributed by atoms with van der Waals surface area (Å²) in [6.07, 6.45) is 5.35. The number of nitrogens with zero attached hydrogens (tertiary/aromatic N) is 1. The third-order valence-corrected chi connectivity index (χ3v) is 6.98. The highest BCUT2D eigenvalue weighted by Crippen LogP contribution is 2.34. The smallest absolute Gasteiger partial charge is 0.235 e. The Morgan fingerprint density at radius 1 is 1.16 bits per heavy atom. The Hall–Kier alpha value is -1.56. The lowest BCUT2D eigenvalue weighted by Crippen LogP contribution is -2.38. The van der Waals surface area contributed by atoms with Crippen LogP contribution in [-0.2, 0) is 21.2 Å². The number of sulfonamides is 1. The Morgan fingerprint density at radius 3 is 2.48 bits per heavy atom. The van der Waals surface area contributed by atoms with Crippen LogP contribution in [0.1, 0.15) is 58.4 Å². The SMILES string of the molecule is CC(C)(C)C(=O)N1CCc2cc(NS(=O)(=O)C3CCCCC3)ccc21. The van der Waals surface area contributed by atoms with Gasteiger partial charge in [-0.25, -0.2) is 8.42 Å². The van der Waals surface area contributed by atoms with Crippen LogP contribution in [0.2, 0.25) is 0 Å². The average Bonchev–Trinajstić information content (AvgIpc) is 2.96. The summed E-state index contributed by atoms with van der Waals surface area (Å²) in [5, 5.41) is -0.284. The molecule has 3 rings (SSSR count). The molecular formula is C19H28N2O3S. The van der Waals surface area contributed by atoms with Crippen molar-refractivity contribution < 1.29 is 13.2 Å². The molecule has 0 atom stereocenters. The maximum absolute atomic E-state index is 12.6. The van der Waals surface area contributed by atoms with Crippen LogP contribution < -0.4 is 9.62 Å². The van der Waals surface area contributed by atoms with Crippen molar-refractivity contribution in [2.45, 2.75) is 64.5 Å². The number of anilines is 2. The molecule has 1 N–H and O–H groups in total. The van der Waals surface area contributed by atoms with E-state index < -0.39 is 15.4 Å². The molecule has 138 valence electrons. The zero-order valence-electron chi connectivity index (χ0n) is 15.3. The first-order valence-electron chi connectivity index (χ1n) is 9.15. The standard InChI is InChI=1S/C19H28N2O3S/c1-19(2,3)18(22)21-12-11-14-13-15(9-10-17(14)21)20-25(23,24)16-7-5-4-6-8-16/h9-10,13,16,20H,4-8,11-12H2,1-3H3. The lowest BCUT2D eigenvalue weighted by molar-refractivity contribution is -0.125. The van der Waals surface area contributed by atoms with Crippen LogP contribution in [0, 0.1) is 5.41 Å². The number of nitrogens with one attached hydrogen (secondary N) is 1. The van der Waals surface area contributed by atoms with Crippen molar-refractivity contribution in [3.05, 3.63) is 23.8 Å². The van der Waals surface area contributed by atoms with E-state index in [-0.39, 0.29) is 11.2 Å². The van der Waals surface area contributed by atoms with Crippen molar-refractivity contribution in [1.29, 1.82) is 0 Å². The lowest BCUT2D eigenvalue weighted by Gasteiger charge is -2.26. The van der Waals surface area contributed by atoms with Gasteiger partial charge in [0.1, 0.15) is 0 Å². The topological polar surface area (TPSA) is 66.5 Å². The first-order valence-corrected chi connectivity index (χ1v) is 10.7. The van der Waals surface area contributed by atoms with E-state index in [2.05, 4.69) is 4.72 Å². The van der Waals surface area contributed by atoms with Crippen molar-refractivity contribution in [3.63, 3.8) is 0 Å². The maximum atomic E-state index is 12.6. The van der Waals surface area contributed by atoms with Gasteiger partial charge in [0.25, 0.3) is 0 Å². The summed E-state index contributed by atoms with van der Waals surface area (Å²) in [6, 6.07) is 5.52. The second-order valence-electron chi connectivity index (χ2n) is 8.21. The van der Waals surface area contributed by atoms with Gasteiger partial charge in [0.05, 0.1) is 5.25 Å². The van der Waals surface area contributed by atoms with Crippen LogP contribution in [0.15, 0.2) is 18.2 Å². The third kappa shape index (κ3) is 3.84. The molecule has 1 amide bonds. The summed E-state index contributed by atoms with van der Waals surface area (Å²) >= 11 is 0. The number of benzene rings is 1. The molecular weight excluding hydrogens is 336 g/mol. The van der Waals surface area contributed by atoms with Gasteiger partial charge in [-0.2, -0.15) is 0 Å². The number of rotatable bonds is 3. The third-order valence-electron chi connectivity index (χ3n) is 5.11. The minimum absolute atomic E-state index is 0.0989. The quantitative estimate of drug-likeness (QED) is 0.889. The van der Waals surface area contributed by atoms with E-state index in [9.17, 15) is 13.2 Å². The van der Waals surface area contributed by atoms with Crippen LogP contribution in [0.25, 0.3) is 0 Å². The van der Waals surface area contributed by atoms with Crippen LogP contribution in [0.5, 0.6) is 0 Å². The predicted molar refractivity (Wildman–Crippen MR) is 101 cm³/mol. The zero-order chi connectivity index (χ0) is 18.2. The molecule has 1 aliphatic carbocycles. The monoisotopic (exact) mass is 364 g/mol. The second-order valence-corrected chi connectivity index (χ2v) is 10.2. The van der Waals surface area contributed by atoms with Gasteiger partial charge in [-0.3, -0.25) is 9.52 Å². The predicted octanol–water partition coefficient (Wildman–Crippen LogP) is 3.70. The van der Waals surface area contributed by atoms with Gasteiger partial charge < -0.3 is 4.90 Å². The lowest BCUT2D eigenvalue weighted by atomic mass is 9.94. The first kappa shape index (κ1) is 18.2. The molecule has 0 saturated heterocycles. The molecule has 6 heteroatoms. The van der Waals surface area contributed by atoms with Crippen molar-refractivity contribution in [1.82, 2.24) is 0 Å². The fraction of sp³-hybridized carbons (Fsp3) is 0.632. The van der Waals surface area contributed by atoms with Crippen LogP contribution in [0.4, 0.5) is 11.4 Å².